The molecule has 2 rings (SSSR count). The fourth-order valence-corrected chi connectivity index (χ4v) is 3.46. The predicted molar refractivity (Wildman–Crippen MR) is 132 cm³/mol. The molecule has 190 valence electrons. The van der Waals surface area contributed by atoms with E-state index in [0.717, 1.165) is 11.1 Å². The van der Waals surface area contributed by atoms with Crippen molar-refractivity contribution in [2.75, 3.05) is 13.1 Å². The van der Waals surface area contributed by atoms with Crippen molar-refractivity contribution in [2.45, 2.75) is 57.4 Å². The Bertz CT molecular complexity index is 947. The number of carbonyl (C=O) groups is 3. The Morgan fingerprint density at radius 3 is 1.94 bits per heavy atom. The van der Waals surface area contributed by atoms with Crippen LogP contribution in [-0.2, 0) is 22.4 Å². The fraction of sp³-hybridized carbons (Fsp3) is 0.423. The van der Waals surface area contributed by atoms with E-state index in [4.69, 9.17) is 9.84 Å². The van der Waals surface area contributed by atoms with Crippen LogP contribution in [0.5, 0.6) is 0 Å². The van der Waals surface area contributed by atoms with E-state index in [-0.39, 0.29) is 25.3 Å². The third kappa shape index (κ3) is 11.0. The highest BCUT2D eigenvalue weighted by molar-refractivity contribution is 5.89. The summed E-state index contributed by atoms with van der Waals surface area (Å²) < 4.78 is 5.30. The maximum absolute atomic E-state index is 12.9. The number of nitrogens with one attached hydrogen (secondary N) is 3. The molecule has 0 aliphatic rings. The van der Waals surface area contributed by atoms with Gasteiger partial charge in [0.05, 0.1) is 24.7 Å². The number of hydrogen-bond donors (Lipinski definition) is 5. The SMILES string of the molecule is CC(C)(C)OC(=O)N[C@@H](Cc1ccccc1)C(=O)CNC[C@@H](O)[C@H](Cc1ccccc1)NC(=O)O. The summed E-state index contributed by atoms with van der Waals surface area (Å²) in [5.41, 5.74) is 1.03. The van der Waals surface area contributed by atoms with Crippen LogP contribution in [0.1, 0.15) is 31.9 Å². The second-order valence-electron chi connectivity index (χ2n) is 9.30. The van der Waals surface area contributed by atoms with Gasteiger partial charge in [-0.3, -0.25) is 4.79 Å². The quantitative estimate of drug-likeness (QED) is 0.312. The molecule has 0 aliphatic carbocycles. The molecule has 2 aromatic carbocycles. The van der Waals surface area contributed by atoms with Gasteiger partial charge in [0.15, 0.2) is 5.78 Å². The first-order chi connectivity index (χ1) is 16.5. The molecule has 0 spiro atoms. The van der Waals surface area contributed by atoms with E-state index < -0.39 is 36.0 Å². The minimum absolute atomic E-state index is 0.0198. The van der Waals surface area contributed by atoms with Gasteiger partial charge in [-0.05, 0) is 44.7 Å². The van der Waals surface area contributed by atoms with Crippen molar-refractivity contribution >= 4 is 18.0 Å². The number of amides is 2. The van der Waals surface area contributed by atoms with E-state index in [9.17, 15) is 19.5 Å². The van der Waals surface area contributed by atoms with Crippen molar-refractivity contribution in [3.8, 4) is 0 Å². The summed E-state index contributed by atoms with van der Waals surface area (Å²) in [5, 5.41) is 27.6. The van der Waals surface area contributed by atoms with E-state index in [2.05, 4.69) is 16.0 Å². The van der Waals surface area contributed by atoms with Gasteiger partial charge in [0.2, 0.25) is 0 Å². The number of aliphatic hydroxyl groups is 1. The van der Waals surface area contributed by atoms with Crippen molar-refractivity contribution in [1.82, 2.24) is 16.0 Å². The molecule has 2 aromatic rings. The lowest BCUT2D eigenvalue weighted by Gasteiger charge is -2.25. The second kappa shape index (κ2) is 13.5. The summed E-state index contributed by atoms with van der Waals surface area (Å²) in [6.07, 6.45) is -2.45. The number of alkyl carbamates (subject to hydrolysis) is 1. The normalized spacial score (nSPS) is 13.8. The topological polar surface area (TPSA) is 137 Å². The number of Topliss-reactive ketones (excluding diaryl/α,β-unsaturated/α-hetero) is 1. The maximum atomic E-state index is 12.9. The molecule has 2 amide bonds. The van der Waals surface area contributed by atoms with Crippen LogP contribution >= 0.6 is 0 Å². The van der Waals surface area contributed by atoms with Crippen LogP contribution in [0.25, 0.3) is 0 Å². The van der Waals surface area contributed by atoms with Crippen LogP contribution in [-0.4, -0.2) is 65.1 Å². The Hall–Kier alpha value is -3.43. The van der Waals surface area contributed by atoms with Crippen molar-refractivity contribution in [2.24, 2.45) is 0 Å². The zero-order valence-electron chi connectivity index (χ0n) is 20.4. The highest BCUT2D eigenvalue weighted by Crippen LogP contribution is 2.10. The summed E-state index contributed by atoms with van der Waals surface area (Å²) in [6, 6.07) is 16.9. The fourth-order valence-electron chi connectivity index (χ4n) is 3.46. The Morgan fingerprint density at radius 1 is 0.886 bits per heavy atom. The molecule has 35 heavy (non-hydrogen) atoms. The van der Waals surface area contributed by atoms with E-state index in [1.54, 1.807) is 20.8 Å². The number of ether oxygens (including phenoxy) is 1. The first-order valence-electron chi connectivity index (χ1n) is 11.5. The first-order valence-corrected chi connectivity index (χ1v) is 11.5. The van der Waals surface area contributed by atoms with E-state index in [1.165, 1.54) is 0 Å². The van der Waals surface area contributed by atoms with Crippen LogP contribution in [0, 0.1) is 0 Å². The monoisotopic (exact) mass is 485 g/mol. The van der Waals surface area contributed by atoms with Gasteiger partial charge >= 0.3 is 12.2 Å². The van der Waals surface area contributed by atoms with Gasteiger partial charge in [-0.2, -0.15) is 0 Å². The minimum atomic E-state index is -1.24. The predicted octanol–water partition coefficient (Wildman–Crippen LogP) is 2.52. The summed E-state index contributed by atoms with van der Waals surface area (Å²) in [6.45, 7) is 5.06. The molecule has 0 radical (unpaired) electrons. The number of carboxylic acid groups (broad SMARTS) is 1. The average Bonchev–Trinajstić information content (AvgIpc) is 2.78. The number of ketones is 1. The molecule has 0 heterocycles. The third-order valence-corrected chi connectivity index (χ3v) is 5.09. The van der Waals surface area contributed by atoms with E-state index >= 15 is 0 Å². The molecule has 0 unspecified atom stereocenters. The summed E-state index contributed by atoms with van der Waals surface area (Å²) >= 11 is 0. The highest BCUT2D eigenvalue weighted by Gasteiger charge is 2.26. The van der Waals surface area contributed by atoms with E-state index in [1.807, 2.05) is 60.7 Å². The average molecular weight is 486 g/mol. The molecule has 0 aliphatic heterocycles. The largest absolute Gasteiger partial charge is 0.465 e. The van der Waals surface area contributed by atoms with Crippen molar-refractivity contribution in [1.29, 1.82) is 0 Å². The highest BCUT2D eigenvalue weighted by atomic mass is 16.6. The number of rotatable bonds is 12. The summed E-state index contributed by atoms with van der Waals surface area (Å²) in [7, 11) is 0. The molecule has 0 aromatic heterocycles. The molecule has 0 bridgehead atoms. The van der Waals surface area contributed by atoms with Crippen LogP contribution in [0.15, 0.2) is 60.7 Å². The smallest absolute Gasteiger partial charge is 0.408 e. The first kappa shape index (κ1) is 27.8. The molecule has 5 N–H and O–H groups in total. The Kier molecular flexibility index (Phi) is 10.7. The number of carbonyl (C=O) groups excluding carboxylic acids is 2. The number of aliphatic hydroxyl groups excluding tert-OH is 1. The lowest BCUT2D eigenvalue weighted by molar-refractivity contribution is -0.120. The van der Waals surface area contributed by atoms with Crippen LogP contribution in [0.4, 0.5) is 9.59 Å². The Labute approximate surface area is 205 Å². The molecule has 0 saturated heterocycles. The van der Waals surface area contributed by atoms with Gasteiger partial charge < -0.3 is 30.9 Å². The van der Waals surface area contributed by atoms with Gasteiger partial charge in [-0.15, -0.1) is 0 Å². The Balaban J connectivity index is 1.98. The maximum Gasteiger partial charge on any atom is 0.408 e. The zero-order valence-corrected chi connectivity index (χ0v) is 20.4. The number of benzene rings is 2. The Morgan fingerprint density at radius 2 is 1.43 bits per heavy atom. The molecule has 3 atom stereocenters. The van der Waals surface area contributed by atoms with Gasteiger partial charge in [-0.1, -0.05) is 60.7 Å². The molecule has 9 heteroatoms. The molecular formula is C26H35N3O6. The molecule has 9 nitrogen and oxygen atoms in total. The van der Waals surface area contributed by atoms with Crippen molar-refractivity contribution in [3.63, 3.8) is 0 Å². The van der Waals surface area contributed by atoms with Crippen molar-refractivity contribution < 1.29 is 29.3 Å². The lowest BCUT2D eigenvalue weighted by atomic mass is 10.0. The van der Waals surface area contributed by atoms with Crippen molar-refractivity contribution in [3.05, 3.63) is 71.8 Å². The van der Waals surface area contributed by atoms with Gasteiger partial charge in [0.25, 0.3) is 0 Å². The van der Waals surface area contributed by atoms with E-state index in [0.29, 0.717) is 6.42 Å². The zero-order chi connectivity index (χ0) is 25.8. The molecule has 0 saturated carbocycles. The van der Waals surface area contributed by atoms with Gasteiger partial charge in [0.1, 0.15) is 5.60 Å². The standard InChI is InChI=1S/C26H35N3O6/c1-26(2,3)35-25(34)29-21(15-19-12-8-5-9-13-19)23(31)17-27-16-22(30)20(28-24(32)33)14-18-10-6-4-7-11-18/h4-13,20-22,27-28,30H,14-17H2,1-3H3,(H,29,34)(H,32,33)/t20-,21-,22+/m0/s1. The summed E-state index contributed by atoms with van der Waals surface area (Å²) in [5.74, 6) is -0.294. The third-order valence-electron chi connectivity index (χ3n) is 5.09. The minimum Gasteiger partial charge on any atom is -0.465 e. The molecule has 0 fully saturated rings. The molecular weight excluding hydrogens is 450 g/mol. The lowest BCUT2D eigenvalue weighted by Crippen LogP contribution is -2.51. The van der Waals surface area contributed by atoms with Crippen LogP contribution < -0.4 is 16.0 Å². The van der Waals surface area contributed by atoms with Crippen LogP contribution in [0.2, 0.25) is 0 Å². The second-order valence-corrected chi connectivity index (χ2v) is 9.30. The number of hydrogen-bond acceptors (Lipinski definition) is 6. The van der Waals surface area contributed by atoms with Gasteiger partial charge in [-0.25, -0.2) is 9.59 Å². The van der Waals surface area contributed by atoms with Crippen LogP contribution in [0.3, 0.4) is 0 Å². The van der Waals surface area contributed by atoms with Gasteiger partial charge in [0, 0.05) is 6.54 Å². The summed E-state index contributed by atoms with van der Waals surface area (Å²) in [4.78, 5) is 36.4.